The number of hydrogen-bond donors (Lipinski definition) is 1. The predicted octanol–water partition coefficient (Wildman–Crippen LogP) is 3.96. The summed E-state index contributed by atoms with van der Waals surface area (Å²) in [5.74, 6) is 0. The Morgan fingerprint density at radius 3 is 2.86 bits per heavy atom. The lowest BCUT2D eigenvalue weighted by Crippen LogP contribution is -1.80. The molecule has 1 aromatic carbocycles. The van der Waals surface area contributed by atoms with Gasteiger partial charge in [-0.25, -0.2) is 0 Å². The third kappa shape index (κ3) is 1.68. The van der Waals surface area contributed by atoms with Crippen molar-refractivity contribution in [1.82, 2.24) is 0 Å². The Labute approximate surface area is 99.9 Å². The molecule has 2 aromatic rings. The fourth-order valence-corrected chi connectivity index (χ4v) is 2.94. The van der Waals surface area contributed by atoms with E-state index in [1.807, 2.05) is 12.1 Å². The van der Waals surface area contributed by atoms with E-state index in [1.165, 1.54) is 0 Å². The molecule has 2 rings (SSSR count). The topological polar surface area (TPSA) is 23.8 Å². The van der Waals surface area contributed by atoms with Gasteiger partial charge in [0.2, 0.25) is 0 Å². The number of thiophene rings is 1. The van der Waals surface area contributed by atoms with Crippen molar-refractivity contribution in [1.29, 1.82) is 5.26 Å². The molecule has 4 heteroatoms. The van der Waals surface area contributed by atoms with Gasteiger partial charge in [0.1, 0.15) is 6.07 Å². The molecule has 0 spiro atoms. The Morgan fingerprint density at radius 2 is 2.21 bits per heavy atom. The van der Waals surface area contributed by atoms with Crippen molar-refractivity contribution in [3.05, 3.63) is 29.3 Å². The first-order chi connectivity index (χ1) is 6.74. The summed E-state index contributed by atoms with van der Waals surface area (Å²) in [5.41, 5.74) is 1.86. The maximum Gasteiger partial charge on any atom is 0.101 e. The summed E-state index contributed by atoms with van der Waals surface area (Å²) in [7, 11) is 0. The van der Waals surface area contributed by atoms with Crippen LogP contribution >= 0.6 is 39.9 Å². The zero-order valence-corrected chi connectivity index (χ0v) is 10.4. The first-order valence-corrected chi connectivity index (χ1v) is 6.34. The van der Waals surface area contributed by atoms with Crippen LogP contribution in [0, 0.1) is 11.3 Å². The molecule has 0 amide bonds. The van der Waals surface area contributed by atoms with Gasteiger partial charge in [0.05, 0.1) is 14.5 Å². The minimum atomic E-state index is 0.738. The lowest BCUT2D eigenvalue weighted by molar-refractivity contribution is 1.44. The third-order valence-corrected chi connectivity index (χ3v) is 3.97. The summed E-state index contributed by atoms with van der Waals surface area (Å²) in [6.07, 6.45) is 0. The van der Waals surface area contributed by atoms with E-state index in [-0.39, 0.29) is 0 Å². The number of nitrogens with zero attached hydrogens (tertiary/aromatic N) is 1. The zero-order chi connectivity index (χ0) is 10.1. The maximum atomic E-state index is 8.98. The molecule has 0 unspecified atom stereocenters. The summed E-state index contributed by atoms with van der Waals surface area (Å²) in [4.78, 5) is 0. The Bertz CT molecular complexity index is 525. The maximum absolute atomic E-state index is 8.98. The van der Waals surface area contributed by atoms with Crippen LogP contribution in [0.3, 0.4) is 0 Å². The molecule has 70 valence electrons. The van der Waals surface area contributed by atoms with E-state index in [0.717, 1.165) is 30.8 Å². The van der Waals surface area contributed by atoms with Crippen molar-refractivity contribution < 1.29 is 0 Å². The number of alkyl halides is 1. The van der Waals surface area contributed by atoms with Crippen LogP contribution in [0.2, 0.25) is 0 Å². The molecule has 0 radical (unpaired) electrons. The number of benzene rings is 1. The highest BCUT2D eigenvalue weighted by Crippen LogP contribution is 2.32. The zero-order valence-electron chi connectivity index (χ0n) is 7.12. The van der Waals surface area contributed by atoms with Crippen molar-refractivity contribution in [2.24, 2.45) is 0 Å². The second-order valence-corrected chi connectivity index (χ2v) is 5.29. The molecule has 0 saturated carbocycles. The van der Waals surface area contributed by atoms with Gasteiger partial charge in [0.25, 0.3) is 0 Å². The van der Waals surface area contributed by atoms with Gasteiger partial charge in [-0.1, -0.05) is 15.9 Å². The first kappa shape index (κ1) is 10.0. The van der Waals surface area contributed by atoms with Gasteiger partial charge in [-0.2, -0.15) is 5.26 Å². The second kappa shape index (κ2) is 3.93. The van der Waals surface area contributed by atoms with Gasteiger partial charge in [0.15, 0.2) is 0 Å². The molecule has 1 nitrogen and oxygen atoms in total. The van der Waals surface area contributed by atoms with Gasteiger partial charge in [-0.3, -0.25) is 0 Å². The van der Waals surface area contributed by atoms with E-state index < -0.39 is 0 Å². The smallest absolute Gasteiger partial charge is 0.101 e. The molecule has 1 aromatic heterocycles. The largest absolute Gasteiger partial charge is 0.192 e. The van der Waals surface area contributed by atoms with E-state index >= 15 is 0 Å². The fourth-order valence-electron chi connectivity index (χ4n) is 1.36. The lowest BCUT2D eigenvalue weighted by Gasteiger charge is -1.97. The molecule has 0 saturated heterocycles. The van der Waals surface area contributed by atoms with Gasteiger partial charge in [0, 0.05) is 5.33 Å². The van der Waals surface area contributed by atoms with E-state index in [0.29, 0.717) is 0 Å². The summed E-state index contributed by atoms with van der Waals surface area (Å²) in [6.45, 7) is 0. The van der Waals surface area contributed by atoms with Crippen molar-refractivity contribution in [3.63, 3.8) is 0 Å². The molecular weight excluding hydrogens is 278 g/mol. The van der Waals surface area contributed by atoms with Crippen LogP contribution in [0.25, 0.3) is 10.1 Å². The van der Waals surface area contributed by atoms with Crippen molar-refractivity contribution in [3.8, 4) is 6.07 Å². The van der Waals surface area contributed by atoms with Crippen molar-refractivity contribution in [2.75, 3.05) is 0 Å². The Balaban J connectivity index is 2.80. The number of thiol groups is 1. The van der Waals surface area contributed by atoms with Crippen LogP contribution < -0.4 is 0 Å². The molecule has 1 heterocycles. The summed E-state index contributed by atoms with van der Waals surface area (Å²) in [5, 5.41) is 10.9. The quantitative estimate of drug-likeness (QED) is 0.622. The minimum Gasteiger partial charge on any atom is -0.192 e. The van der Waals surface area contributed by atoms with Crippen LogP contribution in [-0.2, 0) is 5.33 Å². The van der Waals surface area contributed by atoms with Gasteiger partial charge < -0.3 is 0 Å². The van der Waals surface area contributed by atoms with Crippen LogP contribution in [0.4, 0.5) is 0 Å². The molecule has 0 aliphatic heterocycles. The molecule has 0 fully saturated rings. The van der Waals surface area contributed by atoms with Crippen LogP contribution in [0.1, 0.15) is 11.1 Å². The van der Waals surface area contributed by atoms with Gasteiger partial charge in [-0.05, 0) is 29.1 Å². The second-order valence-electron chi connectivity index (χ2n) is 2.89. The monoisotopic (exact) mass is 283 g/mol. The number of rotatable bonds is 1. The number of nitriles is 1. The highest BCUT2D eigenvalue weighted by molar-refractivity contribution is 9.08. The lowest BCUT2D eigenvalue weighted by atomic mass is 10.1. The molecule has 0 atom stereocenters. The SMILES string of the molecule is N#Cc1cc(CBr)cc2cc(S)sc12. The van der Waals surface area contributed by atoms with Crippen molar-refractivity contribution >= 4 is 50.0 Å². The Hall–Kier alpha value is -0.500. The molecule has 0 aliphatic rings. The number of hydrogen-bond acceptors (Lipinski definition) is 3. The summed E-state index contributed by atoms with van der Waals surface area (Å²) < 4.78 is 1.98. The van der Waals surface area contributed by atoms with E-state index in [1.54, 1.807) is 11.3 Å². The normalized spacial score (nSPS) is 10.4. The third-order valence-electron chi connectivity index (χ3n) is 1.94. The fraction of sp³-hybridized carbons (Fsp3) is 0.100. The van der Waals surface area contributed by atoms with Gasteiger partial charge in [-0.15, -0.1) is 24.0 Å². The average Bonchev–Trinajstić information content (AvgIpc) is 2.56. The van der Waals surface area contributed by atoms with Gasteiger partial charge >= 0.3 is 0 Å². The predicted molar refractivity (Wildman–Crippen MR) is 66.4 cm³/mol. The molecule has 0 bridgehead atoms. The highest BCUT2D eigenvalue weighted by Gasteiger charge is 2.06. The van der Waals surface area contributed by atoms with Crippen molar-refractivity contribution in [2.45, 2.75) is 9.54 Å². The van der Waals surface area contributed by atoms with E-state index in [4.69, 9.17) is 5.26 Å². The average molecular weight is 284 g/mol. The summed E-state index contributed by atoms with van der Waals surface area (Å²) >= 11 is 9.23. The minimum absolute atomic E-state index is 0.738. The Morgan fingerprint density at radius 1 is 1.43 bits per heavy atom. The molecule has 14 heavy (non-hydrogen) atoms. The number of halogens is 1. The van der Waals surface area contributed by atoms with E-state index in [2.05, 4.69) is 40.7 Å². The molecule has 0 N–H and O–H groups in total. The van der Waals surface area contributed by atoms with Crippen LogP contribution in [0.15, 0.2) is 22.4 Å². The number of fused-ring (bicyclic) bond motifs is 1. The highest BCUT2D eigenvalue weighted by atomic mass is 79.9. The Kier molecular flexibility index (Phi) is 2.82. The van der Waals surface area contributed by atoms with E-state index in [9.17, 15) is 0 Å². The summed E-state index contributed by atoms with van der Waals surface area (Å²) in [6, 6.07) is 8.21. The molecule has 0 aliphatic carbocycles. The van der Waals surface area contributed by atoms with Crippen LogP contribution in [0.5, 0.6) is 0 Å². The van der Waals surface area contributed by atoms with Crippen LogP contribution in [-0.4, -0.2) is 0 Å². The molecular formula is C10H6BrNS2. The first-order valence-electron chi connectivity index (χ1n) is 3.96. The standard InChI is InChI=1S/C10H6BrNS2/c11-4-6-1-7-3-9(13)14-10(7)8(2-6)5-12/h1-3,13H,4H2.